The Bertz CT molecular complexity index is 692. The molecule has 1 aliphatic carbocycles. The van der Waals surface area contributed by atoms with Gasteiger partial charge in [0.05, 0.1) is 30.2 Å². The average Bonchev–Trinajstić information content (AvgIpc) is 3.07. The number of nitrogens with zero attached hydrogens (tertiary/aromatic N) is 3. The van der Waals surface area contributed by atoms with Gasteiger partial charge in [0.25, 0.3) is 0 Å². The van der Waals surface area contributed by atoms with E-state index in [4.69, 9.17) is 10.5 Å². The molecule has 1 saturated heterocycles. The summed E-state index contributed by atoms with van der Waals surface area (Å²) >= 11 is 1.57. The topological polar surface area (TPSA) is 92.2 Å². The van der Waals surface area contributed by atoms with Crippen LogP contribution in [0.2, 0.25) is 0 Å². The van der Waals surface area contributed by atoms with Crippen LogP contribution in [0.15, 0.2) is 23.3 Å². The van der Waals surface area contributed by atoms with E-state index in [1.54, 1.807) is 22.4 Å². The van der Waals surface area contributed by atoms with Crippen LogP contribution in [0.1, 0.15) is 37.6 Å². The van der Waals surface area contributed by atoms with E-state index in [1.165, 1.54) is 0 Å². The molecule has 3 unspecified atom stereocenters. The highest BCUT2D eigenvalue weighted by atomic mass is 32.1. The number of thiazole rings is 1. The predicted octanol–water partition coefficient (Wildman–Crippen LogP) is 2.26. The fraction of sp³-hybridized carbons (Fsp3) is 0.611. The molecular formula is C18H24N4O2S. The molecule has 1 fully saturated rings. The first kappa shape index (κ1) is 18.1. The van der Waals surface area contributed by atoms with Gasteiger partial charge >= 0.3 is 0 Å². The summed E-state index contributed by atoms with van der Waals surface area (Å²) in [5.41, 5.74) is 6.08. The molecule has 0 aromatic carbocycles. The average molecular weight is 360 g/mol. The Kier molecular flexibility index (Phi) is 5.23. The van der Waals surface area contributed by atoms with E-state index < -0.39 is 0 Å². The molecule has 1 aromatic heterocycles. The van der Waals surface area contributed by atoms with Crippen LogP contribution in [0.25, 0.3) is 0 Å². The number of hydrogen-bond acceptors (Lipinski definition) is 7. The number of nitriles is 1. The quantitative estimate of drug-likeness (QED) is 0.639. The van der Waals surface area contributed by atoms with Gasteiger partial charge in [0.1, 0.15) is 5.78 Å². The highest BCUT2D eigenvalue weighted by molar-refractivity contribution is 7.09. The van der Waals surface area contributed by atoms with E-state index in [9.17, 15) is 10.1 Å². The number of allylic oxidation sites excluding steroid dienone is 2. The van der Waals surface area contributed by atoms with Crippen molar-refractivity contribution in [2.75, 3.05) is 19.8 Å². The zero-order chi connectivity index (χ0) is 18.0. The van der Waals surface area contributed by atoms with Gasteiger partial charge in [0.15, 0.2) is 6.19 Å². The summed E-state index contributed by atoms with van der Waals surface area (Å²) in [5.74, 6) is -0.0835. The molecule has 2 heterocycles. The maximum absolute atomic E-state index is 12.9. The highest BCUT2D eigenvalue weighted by Crippen LogP contribution is 2.48. The van der Waals surface area contributed by atoms with E-state index in [-0.39, 0.29) is 29.1 Å². The second-order valence-corrected chi connectivity index (χ2v) is 8.30. The third-order valence-corrected chi connectivity index (χ3v) is 5.76. The van der Waals surface area contributed by atoms with Crippen molar-refractivity contribution in [3.8, 4) is 6.19 Å². The van der Waals surface area contributed by atoms with Crippen LogP contribution in [0.4, 0.5) is 0 Å². The summed E-state index contributed by atoms with van der Waals surface area (Å²) in [6.07, 6.45) is 7.34. The number of ketones is 1. The summed E-state index contributed by atoms with van der Waals surface area (Å²) in [6, 6.07) is -0.102. The molecule has 0 saturated carbocycles. The van der Waals surface area contributed by atoms with Crippen molar-refractivity contribution in [3.63, 3.8) is 0 Å². The minimum Gasteiger partial charge on any atom is -0.378 e. The van der Waals surface area contributed by atoms with Crippen LogP contribution in [0.5, 0.6) is 0 Å². The molecule has 6 nitrogen and oxygen atoms in total. The summed E-state index contributed by atoms with van der Waals surface area (Å²) in [7, 11) is 0. The number of aromatic nitrogens is 1. The Balaban J connectivity index is 1.99. The zero-order valence-electron chi connectivity index (χ0n) is 14.6. The Morgan fingerprint density at radius 1 is 1.56 bits per heavy atom. The maximum atomic E-state index is 12.9. The predicted molar refractivity (Wildman–Crippen MR) is 95.6 cm³/mol. The van der Waals surface area contributed by atoms with Gasteiger partial charge in [0.2, 0.25) is 0 Å². The second-order valence-electron chi connectivity index (χ2n) is 7.38. The first-order valence-corrected chi connectivity index (χ1v) is 9.46. The highest BCUT2D eigenvalue weighted by Gasteiger charge is 2.48. The van der Waals surface area contributed by atoms with Crippen molar-refractivity contribution >= 4 is 17.1 Å². The number of rotatable bonds is 5. The molecule has 3 rings (SSSR count). The van der Waals surface area contributed by atoms with Gasteiger partial charge in [-0.2, -0.15) is 5.26 Å². The zero-order valence-corrected chi connectivity index (χ0v) is 15.5. The monoisotopic (exact) mass is 360 g/mol. The van der Waals surface area contributed by atoms with Crippen LogP contribution >= 0.6 is 11.3 Å². The molecule has 0 spiro atoms. The fourth-order valence-electron chi connectivity index (χ4n) is 3.91. The van der Waals surface area contributed by atoms with Crippen LogP contribution in [0, 0.1) is 22.8 Å². The number of piperidine rings is 1. The largest absolute Gasteiger partial charge is 0.378 e. The van der Waals surface area contributed by atoms with E-state index in [1.807, 2.05) is 19.2 Å². The maximum Gasteiger partial charge on any atom is 0.184 e. The smallest absolute Gasteiger partial charge is 0.184 e. The Labute approximate surface area is 152 Å². The van der Waals surface area contributed by atoms with Crippen molar-refractivity contribution < 1.29 is 9.53 Å². The van der Waals surface area contributed by atoms with Crippen molar-refractivity contribution in [1.82, 2.24) is 9.88 Å². The molecule has 3 atom stereocenters. The lowest BCUT2D eigenvalue weighted by atomic mass is 9.68. The minimum absolute atomic E-state index is 0.00549. The lowest BCUT2D eigenvalue weighted by molar-refractivity contribution is -0.126. The molecular weight excluding hydrogens is 336 g/mol. The number of carbonyl (C=O) groups excluding carboxylic acids is 1. The van der Waals surface area contributed by atoms with Gasteiger partial charge in [0, 0.05) is 36.2 Å². The van der Waals surface area contributed by atoms with Crippen LogP contribution in [0.3, 0.4) is 0 Å². The van der Waals surface area contributed by atoms with E-state index in [0.717, 1.165) is 10.7 Å². The van der Waals surface area contributed by atoms with Gasteiger partial charge < -0.3 is 10.5 Å². The normalized spacial score (nSPS) is 28.2. The van der Waals surface area contributed by atoms with Crippen LogP contribution in [-0.2, 0) is 9.53 Å². The SMILES string of the molecule is CC1(C)C=C2C(C(=O)C1)C(c1nccs1)CC(COCCN)N2C#N. The minimum atomic E-state index is -0.287. The van der Waals surface area contributed by atoms with Gasteiger partial charge in [-0.1, -0.05) is 19.9 Å². The van der Waals surface area contributed by atoms with Crippen molar-refractivity contribution in [1.29, 1.82) is 5.26 Å². The van der Waals surface area contributed by atoms with Crippen molar-refractivity contribution in [3.05, 3.63) is 28.4 Å². The van der Waals surface area contributed by atoms with Gasteiger partial charge in [-0.25, -0.2) is 4.98 Å². The molecule has 1 aromatic rings. The van der Waals surface area contributed by atoms with Gasteiger partial charge in [-0.15, -0.1) is 11.3 Å². The van der Waals surface area contributed by atoms with E-state index in [0.29, 0.717) is 32.6 Å². The third kappa shape index (κ3) is 3.61. The number of hydrogen-bond donors (Lipinski definition) is 1. The van der Waals surface area contributed by atoms with E-state index >= 15 is 0 Å². The molecule has 0 amide bonds. The van der Waals surface area contributed by atoms with Gasteiger partial charge in [-0.3, -0.25) is 9.69 Å². The second kappa shape index (κ2) is 7.24. The fourth-order valence-corrected chi connectivity index (χ4v) is 4.70. The summed E-state index contributed by atoms with van der Waals surface area (Å²) in [4.78, 5) is 19.1. The third-order valence-electron chi connectivity index (χ3n) is 4.85. The first-order valence-electron chi connectivity index (χ1n) is 8.58. The molecule has 25 heavy (non-hydrogen) atoms. The summed E-state index contributed by atoms with van der Waals surface area (Å²) in [5, 5.41) is 12.7. The summed E-state index contributed by atoms with van der Waals surface area (Å²) in [6.45, 7) is 5.41. The number of nitrogens with two attached hydrogens (primary N) is 1. The number of carbonyl (C=O) groups is 1. The molecule has 0 radical (unpaired) electrons. The molecule has 2 N–H and O–H groups in total. The van der Waals surface area contributed by atoms with Crippen LogP contribution in [-0.4, -0.2) is 41.5 Å². The Morgan fingerprint density at radius 2 is 2.36 bits per heavy atom. The Hall–Kier alpha value is -1.75. The standard InChI is InChI=1S/C18H24N4O2S/c1-18(2)8-14-16(15(23)9-18)13(17-21-4-6-25-17)7-12(22(14)11-20)10-24-5-3-19/h4,6,8,12-13,16H,3,5,7,9-10,19H2,1-2H3. The van der Waals surface area contributed by atoms with Crippen molar-refractivity contribution in [2.24, 2.45) is 17.1 Å². The summed E-state index contributed by atoms with van der Waals surface area (Å²) < 4.78 is 5.63. The molecule has 1 aliphatic heterocycles. The van der Waals surface area contributed by atoms with Crippen molar-refractivity contribution in [2.45, 2.75) is 38.6 Å². The lowest BCUT2D eigenvalue weighted by Gasteiger charge is -2.46. The lowest BCUT2D eigenvalue weighted by Crippen LogP contribution is -2.49. The van der Waals surface area contributed by atoms with Gasteiger partial charge in [-0.05, 0) is 11.8 Å². The first-order chi connectivity index (χ1) is 12.0. The van der Waals surface area contributed by atoms with Crippen LogP contribution < -0.4 is 5.73 Å². The number of Topliss-reactive ketones (excluding diaryl/α,β-unsaturated/α-hetero) is 1. The molecule has 134 valence electrons. The molecule has 2 aliphatic rings. The number of fused-ring (bicyclic) bond motifs is 1. The van der Waals surface area contributed by atoms with E-state index in [2.05, 4.69) is 17.3 Å². The Morgan fingerprint density at radius 3 is 3.00 bits per heavy atom. The molecule has 7 heteroatoms. The number of likely N-dealkylation sites (tertiary alicyclic amines) is 1. The number of ether oxygens (including phenoxy) is 1. The molecule has 0 bridgehead atoms.